The number of hydrogen-bond donors (Lipinski definition) is 1. The molecule has 0 aliphatic rings. The first-order valence-corrected chi connectivity index (χ1v) is 6.67. The number of aliphatic hydroxyl groups excluding tert-OH is 1. The predicted molar refractivity (Wildman–Crippen MR) is 78.4 cm³/mol. The van der Waals surface area contributed by atoms with Gasteiger partial charge in [-0.25, -0.2) is 0 Å². The van der Waals surface area contributed by atoms with Crippen LogP contribution in [-0.2, 0) is 13.5 Å². The maximum atomic E-state index is 9.24. The van der Waals surface area contributed by atoms with Crippen molar-refractivity contribution in [1.29, 1.82) is 0 Å². The Hall–Kier alpha value is -1.61. The van der Waals surface area contributed by atoms with Crippen LogP contribution in [0.25, 0.3) is 11.3 Å². The number of aryl methyl sites for hydroxylation is 4. The molecular weight excluding hydrogens is 236 g/mol. The Labute approximate surface area is 114 Å². The molecule has 1 aromatic heterocycles. The molecule has 1 N–H and O–H groups in total. The zero-order chi connectivity index (χ0) is 14.2. The van der Waals surface area contributed by atoms with Crippen molar-refractivity contribution < 1.29 is 5.11 Å². The van der Waals surface area contributed by atoms with Crippen molar-refractivity contribution in [2.24, 2.45) is 7.05 Å². The Morgan fingerprint density at radius 2 is 1.79 bits per heavy atom. The van der Waals surface area contributed by atoms with Crippen LogP contribution in [0.3, 0.4) is 0 Å². The van der Waals surface area contributed by atoms with E-state index in [9.17, 15) is 5.11 Å². The van der Waals surface area contributed by atoms with E-state index in [0.29, 0.717) is 6.42 Å². The molecule has 2 aromatic rings. The molecule has 1 aromatic carbocycles. The van der Waals surface area contributed by atoms with Gasteiger partial charge in [-0.3, -0.25) is 4.68 Å². The zero-order valence-corrected chi connectivity index (χ0v) is 12.4. The third-order valence-electron chi connectivity index (χ3n) is 3.75. The van der Waals surface area contributed by atoms with E-state index in [0.717, 1.165) is 11.4 Å². The molecule has 0 bridgehead atoms. The van der Waals surface area contributed by atoms with E-state index in [1.54, 1.807) is 0 Å². The van der Waals surface area contributed by atoms with Crippen molar-refractivity contribution in [1.82, 2.24) is 9.78 Å². The highest BCUT2D eigenvalue weighted by Gasteiger charge is 2.15. The Kier molecular flexibility index (Phi) is 3.76. The van der Waals surface area contributed by atoms with Crippen molar-refractivity contribution in [2.75, 3.05) is 6.61 Å². The van der Waals surface area contributed by atoms with Crippen LogP contribution < -0.4 is 0 Å². The van der Waals surface area contributed by atoms with Gasteiger partial charge in [-0.1, -0.05) is 6.07 Å². The lowest BCUT2D eigenvalue weighted by Crippen LogP contribution is -2.04. The average molecular weight is 258 g/mol. The van der Waals surface area contributed by atoms with Gasteiger partial charge in [-0.05, 0) is 62.4 Å². The standard InChI is InChI=1S/C16H22N2O/c1-10-8-11(2)16(13(4)14(10)6-7-19)15-9-12(3)17-18(15)5/h8-9,19H,6-7H2,1-5H3. The summed E-state index contributed by atoms with van der Waals surface area (Å²) >= 11 is 0. The van der Waals surface area contributed by atoms with Gasteiger partial charge in [0.15, 0.2) is 0 Å². The van der Waals surface area contributed by atoms with Crippen molar-refractivity contribution in [3.8, 4) is 11.3 Å². The number of hydrogen-bond acceptors (Lipinski definition) is 2. The number of nitrogens with zero attached hydrogens (tertiary/aromatic N) is 2. The molecule has 0 saturated carbocycles. The van der Waals surface area contributed by atoms with Gasteiger partial charge in [0.1, 0.15) is 0 Å². The van der Waals surface area contributed by atoms with Gasteiger partial charge < -0.3 is 5.11 Å². The Bertz CT molecular complexity index is 612. The Balaban J connectivity index is 2.69. The molecule has 3 nitrogen and oxygen atoms in total. The molecule has 0 spiro atoms. The van der Waals surface area contributed by atoms with Crippen LogP contribution in [0.2, 0.25) is 0 Å². The number of aromatic nitrogens is 2. The molecule has 0 amide bonds. The summed E-state index contributed by atoms with van der Waals surface area (Å²) < 4.78 is 1.93. The molecule has 102 valence electrons. The van der Waals surface area contributed by atoms with Gasteiger partial charge in [0, 0.05) is 19.2 Å². The van der Waals surface area contributed by atoms with Crippen molar-refractivity contribution >= 4 is 0 Å². The molecule has 0 aliphatic heterocycles. The topological polar surface area (TPSA) is 38.0 Å². The van der Waals surface area contributed by atoms with Crippen LogP contribution in [0.5, 0.6) is 0 Å². The van der Waals surface area contributed by atoms with Gasteiger partial charge in [0.25, 0.3) is 0 Å². The molecule has 0 aliphatic carbocycles. The Morgan fingerprint density at radius 3 is 2.32 bits per heavy atom. The zero-order valence-electron chi connectivity index (χ0n) is 12.4. The molecule has 0 atom stereocenters. The van der Waals surface area contributed by atoms with Crippen LogP contribution in [0.15, 0.2) is 12.1 Å². The highest BCUT2D eigenvalue weighted by molar-refractivity contribution is 5.70. The summed E-state index contributed by atoms with van der Waals surface area (Å²) in [4.78, 5) is 0. The first kappa shape index (κ1) is 13.8. The van der Waals surface area contributed by atoms with Gasteiger partial charge in [-0.15, -0.1) is 0 Å². The molecule has 1 heterocycles. The predicted octanol–water partition coefficient (Wildman–Crippen LogP) is 2.86. The Morgan fingerprint density at radius 1 is 1.11 bits per heavy atom. The van der Waals surface area contributed by atoms with Crippen LogP contribution in [0.1, 0.15) is 27.9 Å². The van der Waals surface area contributed by atoms with E-state index in [-0.39, 0.29) is 6.61 Å². The SMILES string of the molecule is Cc1cc(-c2c(C)cc(C)c(CCO)c2C)n(C)n1. The molecule has 3 heteroatoms. The van der Waals surface area contributed by atoms with Crippen LogP contribution in [0.4, 0.5) is 0 Å². The second-order valence-electron chi connectivity index (χ2n) is 5.26. The normalized spacial score (nSPS) is 11.1. The molecule has 2 rings (SSSR count). The third-order valence-corrected chi connectivity index (χ3v) is 3.75. The second kappa shape index (κ2) is 5.17. The molecule has 19 heavy (non-hydrogen) atoms. The minimum absolute atomic E-state index is 0.189. The van der Waals surface area contributed by atoms with E-state index in [2.05, 4.69) is 38.0 Å². The van der Waals surface area contributed by atoms with Gasteiger partial charge in [0.05, 0.1) is 11.4 Å². The number of benzene rings is 1. The lowest BCUT2D eigenvalue weighted by molar-refractivity contribution is 0.299. The lowest BCUT2D eigenvalue weighted by atomic mass is 9.90. The average Bonchev–Trinajstić information content (AvgIpc) is 2.64. The van der Waals surface area contributed by atoms with E-state index >= 15 is 0 Å². The van der Waals surface area contributed by atoms with E-state index in [1.807, 2.05) is 18.7 Å². The first-order valence-electron chi connectivity index (χ1n) is 6.67. The minimum atomic E-state index is 0.189. The molecule has 0 fully saturated rings. The van der Waals surface area contributed by atoms with Crippen LogP contribution >= 0.6 is 0 Å². The summed E-state index contributed by atoms with van der Waals surface area (Å²) in [5.74, 6) is 0. The molecule has 0 radical (unpaired) electrons. The van der Waals surface area contributed by atoms with Crippen LogP contribution in [0, 0.1) is 27.7 Å². The fourth-order valence-electron chi connectivity index (χ4n) is 2.96. The smallest absolute Gasteiger partial charge is 0.0687 e. The fraction of sp³-hybridized carbons (Fsp3) is 0.438. The highest BCUT2D eigenvalue weighted by atomic mass is 16.2. The monoisotopic (exact) mass is 258 g/mol. The van der Waals surface area contributed by atoms with E-state index in [4.69, 9.17) is 0 Å². The van der Waals surface area contributed by atoms with Gasteiger partial charge in [-0.2, -0.15) is 5.10 Å². The maximum Gasteiger partial charge on any atom is 0.0687 e. The summed E-state index contributed by atoms with van der Waals surface area (Å²) in [5.41, 5.74) is 8.45. The van der Waals surface area contributed by atoms with E-state index in [1.165, 1.54) is 27.8 Å². The van der Waals surface area contributed by atoms with E-state index < -0.39 is 0 Å². The summed E-state index contributed by atoms with van der Waals surface area (Å²) in [7, 11) is 1.98. The lowest BCUT2D eigenvalue weighted by Gasteiger charge is -2.17. The van der Waals surface area contributed by atoms with Gasteiger partial charge in [0.2, 0.25) is 0 Å². The number of aliphatic hydroxyl groups is 1. The fourth-order valence-corrected chi connectivity index (χ4v) is 2.96. The van der Waals surface area contributed by atoms with Crippen LogP contribution in [-0.4, -0.2) is 21.5 Å². The molecule has 0 unspecified atom stereocenters. The van der Waals surface area contributed by atoms with Gasteiger partial charge >= 0.3 is 0 Å². The highest BCUT2D eigenvalue weighted by Crippen LogP contribution is 2.31. The largest absolute Gasteiger partial charge is 0.396 e. The quantitative estimate of drug-likeness (QED) is 0.919. The van der Waals surface area contributed by atoms with Crippen molar-refractivity contribution in [3.63, 3.8) is 0 Å². The minimum Gasteiger partial charge on any atom is -0.396 e. The summed E-state index contributed by atoms with van der Waals surface area (Å²) in [6.07, 6.45) is 0.710. The summed E-state index contributed by atoms with van der Waals surface area (Å²) in [5, 5.41) is 13.7. The number of rotatable bonds is 3. The first-order chi connectivity index (χ1) is 8.95. The summed E-state index contributed by atoms with van der Waals surface area (Å²) in [6.45, 7) is 8.60. The maximum absolute atomic E-state index is 9.24. The third kappa shape index (κ3) is 2.43. The second-order valence-corrected chi connectivity index (χ2v) is 5.26. The van der Waals surface area contributed by atoms with Crippen molar-refractivity contribution in [2.45, 2.75) is 34.1 Å². The molecule has 0 saturated heterocycles. The van der Waals surface area contributed by atoms with Crippen molar-refractivity contribution in [3.05, 3.63) is 40.1 Å². The summed E-state index contributed by atoms with van der Waals surface area (Å²) in [6, 6.07) is 4.32. The molecular formula is C16H22N2O.